The molecule has 1 aromatic rings. The molecule has 1 heterocycles. The second-order valence-corrected chi connectivity index (χ2v) is 4.09. The molecule has 0 unspecified atom stereocenters. The Hall–Kier alpha value is -1.36. The highest BCUT2D eigenvalue weighted by atomic mass is 16.2. The van der Waals surface area contributed by atoms with Crippen LogP contribution in [-0.4, -0.2) is 15.6 Å². The van der Waals surface area contributed by atoms with Crippen molar-refractivity contribution in [2.75, 3.05) is 0 Å². The summed E-state index contributed by atoms with van der Waals surface area (Å²) in [6.45, 7) is 0. The van der Waals surface area contributed by atoms with Crippen LogP contribution in [0.1, 0.15) is 31.7 Å². The maximum absolute atomic E-state index is 11.5. The fourth-order valence-electron chi connectivity index (χ4n) is 2.09. The van der Waals surface area contributed by atoms with Crippen molar-refractivity contribution >= 4 is 0 Å². The molecular formula is C10H15N3O2. The smallest absolute Gasteiger partial charge is 0.328 e. The number of nitrogens with zero attached hydrogens (tertiary/aromatic N) is 1. The van der Waals surface area contributed by atoms with Crippen molar-refractivity contribution in [3.63, 3.8) is 0 Å². The van der Waals surface area contributed by atoms with Crippen molar-refractivity contribution < 1.29 is 0 Å². The van der Waals surface area contributed by atoms with Crippen LogP contribution in [0.4, 0.5) is 0 Å². The first-order chi connectivity index (χ1) is 7.16. The highest BCUT2D eigenvalue weighted by Crippen LogP contribution is 2.25. The van der Waals surface area contributed by atoms with Gasteiger partial charge in [0.25, 0.3) is 5.56 Å². The Balaban J connectivity index is 2.23. The molecule has 0 aliphatic heterocycles. The van der Waals surface area contributed by atoms with Crippen molar-refractivity contribution in [2.24, 2.45) is 5.73 Å². The number of nitrogens with two attached hydrogens (primary N) is 1. The van der Waals surface area contributed by atoms with Gasteiger partial charge in [-0.1, -0.05) is 0 Å². The standard InChI is InChI=1S/C10H15N3O2/c11-7-1-3-8(4-2-7)13-6-5-9(14)12-10(13)15/h5-8H,1-4,11H2,(H,12,14,15). The number of nitrogens with one attached hydrogen (secondary N) is 1. The molecule has 1 aliphatic rings. The van der Waals surface area contributed by atoms with Gasteiger partial charge < -0.3 is 5.73 Å². The topological polar surface area (TPSA) is 80.9 Å². The first-order valence-electron chi connectivity index (χ1n) is 5.24. The molecule has 5 nitrogen and oxygen atoms in total. The van der Waals surface area contributed by atoms with Crippen LogP contribution in [0.3, 0.4) is 0 Å². The molecule has 0 amide bonds. The molecule has 1 fully saturated rings. The lowest BCUT2D eigenvalue weighted by Crippen LogP contribution is -2.35. The second-order valence-electron chi connectivity index (χ2n) is 4.09. The van der Waals surface area contributed by atoms with Gasteiger partial charge in [0.2, 0.25) is 0 Å². The molecule has 0 radical (unpaired) electrons. The van der Waals surface area contributed by atoms with E-state index in [1.165, 1.54) is 6.07 Å². The van der Waals surface area contributed by atoms with E-state index in [1.807, 2.05) is 0 Å². The lowest BCUT2D eigenvalue weighted by atomic mass is 9.92. The van der Waals surface area contributed by atoms with E-state index in [2.05, 4.69) is 4.98 Å². The van der Waals surface area contributed by atoms with Crippen LogP contribution < -0.4 is 17.0 Å². The molecule has 1 aliphatic carbocycles. The van der Waals surface area contributed by atoms with Gasteiger partial charge in [0, 0.05) is 24.3 Å². The Labute approximate surface area is 86.9 Å². The first kappa shape index (κ1) is 10.2. The molecule has 82 valence electrons. The van der Waals surface area contributed by atoms with E-state index in [1.54, 1.807) is 10.8 Å². The summed E-state index contributed by atoms with van der Waals surface area (Å²) in [7, 11) is 0. The van der Waals surface area contributed by atoms with Gasteiger partial charge in [-0.05, 0) is 25.7 Å². The minimum absolute atomic E-state index is 0.189. The van der Waals surface area contributed by atoms with Gasteiger partial charge in [0.1, 0.15) is 0 Å². The molecule has 0 atom stereocenters. The van der Waals surface area contributed by atoms with Crippen molar-refractivity contribution in [1.82, 2.24) is 9.55 Å². The molecule has 3 N–H and O–H groups in total. The minimum Gasteiger partial charge on any atom is -0.328 e. The van der Waals surface area contributed by atoms with Gasteiger partial charge >= 0.3 is 5.69 Å². The normalized spacial score (nSPS) is 26.5. The molecule has 5 heteroatoms. The minimum atomic E-state index is -0.344. The maximum atomic E-state index is 11.5. The van der Waals surface area contributed by atoms with Crippen molar-refractivity contribution in [3.8, 4) is 0 Å². The summed E-state index contributed by atoms with van der Waals surface area (Å²) >= 11 is 0. The predicted molar refractivity (Wildman–Crippen MR) is 56.8 cm³/mol. The van der Waals surface area contributed by atoms with Gasteiger partial charge in [-0.15, -0.1) is 0 Å². The van der Waals surface area contributed by atoms with Crippen molar-refractivity contribution in [2.45, 2.75) is 37.8 Å². The predicted octanol–water partition coefficient (Wildman–Crippen LogP) is -0.0210. The molecule has 2 rings (SSSR count). The van der Waals surface area contributed by atoms with E-state index in [4.69, 9.17) is 5.73 Å². The zero-order chi connectivity index (χ0) is 10.8. The van der Waals surface area contributed by atoms with Crippen molar-refractivity contribution in [3.05, 3.63) is 33.1 Å². The zero-order valence-electron chi connectivity index (χ0n) is 8.48. The molecule has 0 spiro atoms. The number of hydrogen-bond donors (Lipinski definition) is 2. The highest BCUT2D eigenvalue weighted by Gasteiger charge is 2.20. The monoisotopic (exact) mass is 209 g/mol. The van der Waals surface area contributed by atoms with Crippen LogP contribution in [0.5, 0.6) is 0 Å². The molecule has 0 bridgehead atoms. The van der Waals surface area contributed by atoms with Crippen molar-refractivity contribution in [1.29, 1.82) is 0 Å². The van der Waals surface area contributed by atoms with Gasteiger partial charge in [-0.25, -0.2) is 4.79 Å². The largest absolute Gasteiger partial charge is 0.328 e. The third-order valence-electron chi connectivity index (χ3n) is 2.99. The number of aromatic nitrogens is 2. The Morgan fingerprint density at radius 3 is 2.53 bits per heavy atom. The zero-order valence-corrected chi connectivity index (χ0v) is 8.48. The Kier molecular flexibility index (Phi) is 2.73. The third kappa shape index (κ3) is 2.18. The average molecular weight is 209 g/mol. The van der Waals surface area contributed by atoms with Crippen LogP contribution in [0.25, 0.3) is 0 Å². The van der Waals surface area contributed by atoms with E-state index in [0.29, 0.717) is 0 Å². The van der Waals surface area contributed by atoms with Crippen LogP contribution in [0.15, 0.2) is 21.9 Å². The summed E-state index contributed by atoms with van der Waals surface area (Å²) in [6, 6.07) is 1.84. The molecule has 1 saturated carbocycles. The number of rotatable bonds is 1. The van der Waals surface area contributed by atoms with E-state index in [9.17, 15) is 9.59 Å². The fourth-order valence-corrected chi connectivity index (χ4v) is 2.09. The third-order valence-corrected chi connectivity index (χ3v) is 2.99. The first-order valence-corrected chi connectivity index (χ1v) is 5.24. The number of H-pyrrole nitrogens is 1. The highest BCUT2D eigenvalue weighted by molar-refractivity contribution is 4.88. The molecule has 0 saturated heterocycles. The average Bonchev–Trinajstić information content (AvgIpc) is 2.20. The van der Waals surface area contributed by atoms with E-state index in [-0.39, 0.29) is 23.3 Å². The SMILES string of the molecule is NC1CCC(n2ccc(=O)[nH]c2=O)CC1. The second kappa shape index (κ2) is 4.02. The van der Waals surface area contributed by atoms with Gasteiger partial charge in [0.15, 0.2) is 0 Å². The molecular weight excluding hydrogens is 194 g/mol. The maximum Gasteiger partial charge on any atom is 0.328 e. The van der Waals surface area contributed by atoms with Crippen LogP contribution in [-0.2, 0) is 0 Å². The summed E-state index contributed by atoms with van der Waals surface area (Å²) in [5.74, 6) is 0. The molecule has 1 aromatic heterocycles. The van der Waals surface area contributed by atoms with E-state index in [0.717, 1.165) is 25.7 Å². The van der Waals surface area contributed by atoms with Crippen LogP contribution in [0, 0.1) is 0 Å². The number of hydrogen-bond acceptors (Lipinski definition) is 3. The van der Waals surface area contributed by atoms with E-state index < -0.39 is 0 Å². The summed E-state index contributed by atoms with van der Waals surface area (Å²) in [5.41, 5.74) is 5.13. The van der Waals surface area contributed by atoms with Crippen LogP contribution >= 0.6 is 0 Å². The summed E-state index contributed by atoms with van der Waals surface area (Å²) in [6.07, 6.45) is 5.27. The summed E-state index contributed by atoms with van der Waals surface area (Å²) < 4.78 is 1.60. The quantitative estimate of drug-likeness (QED) is 0.682. The lowest BCUT2D eigenvalue weighted by molar-refractivity contribution is 0.315. The Morgan fingerprint density at radius 1 is 1.27 bits per heavy atom. The fraction of sp³-hybridized carbons (Fsp3) is 0.600. The number of aromatic amines is 1. The Morgan fingerprint density at radius 2 is 1.93 bits per heavy atom. The summed E-state index contributed by atoms with van der Waals surface area (Å²) in [4.78, 5) is 24.7. The van der Waals surface area contributed by atoms with Gasteiger partial charge in [-0.2, -0.15) is 0 Å². The van der Waals surface area contributed by atoms with Gasteiger partial charge in [0.05, 0.1) is 0 Å². The lowest BCUT2D eigenvalue weighted by Gasteiger charge is -2.27. The van der Waals surface area contributed by atoms with Gasteiger partial charge in [-0.3, -0.25) is 14.3 Å². The van der Waals surface area contributed by atoms with Crippen LogP contribution in [0.2, 0.25) is 0 Å². The Bertz CT molecular complexity index is 440. The molecule has 0 aromatic carbocycles. The summed E-state index contributed by atoms with van der Waals surface area (Å²) in [5, 5.41) is 0. The van der Waals surface area contributed by atoms with E-state index >= 15 is 0 Å². The molecule has 15 heavy (non-hydrogen) atoms.